The third kappa shape index (κ3) is 5.08. The van der Waals surface area contributed by atoms with Gasteiger partial charge in [0.25, 0.3) is 0 Å². The maximum atomic E-state index is 12.6. The highest BCUT2D eigenvalue weighted by Gasteiger charge is 2.29. The second kappa shape index (κ2) is 9.93. The van der Waals surface area contributed by atoms with Crippen LogP contribution in [0.25, 0.3) is 0 Å². The fourth-order valence-corrected chi connectivity index (χ4v) is 5.69. The molecule has 3 aromatic heterocycles. The van der Waals surface area contributed by atoms with Crippen molar-refractivity contribution in [2.45, 2.75) is 53.2 Å². The molecule has 0 aliphatic carbocycles. The lowest BCUT2D eigenvalue weighted by atomic mass is 10.0. The van der Waals surface area contributed by atoms with E-state index in [2.05, 4.69) is 20.3 Å². The summed E-state index contributed by atoms with van der Waals surface area (Å²) in [6.45, 7) is 8.68. The predicted octanol–water partition coefficient (Wildman–Crippen LogP) is 3.65. The monoisotopic (exact) mass is 473 g/mol. The highest BCUT2D eigenvalue weighted by atomic mass is 32.1. The molecule has 4 heterocycles. The summed E-state index contributed by atoms with van der Waals surface area (Å²) >= 11 is 3.23. The second-order valence-electron chi connectivity index (χ2n) is 7.74. The first kappa shape index (κ1) is 22.6. The van der Waals surface area contributed by atoms with Crippen molar-refractivity contribution in [1.29, 1.82) is 0 Å². The van der Waals surface area contributed by atoms with Gasteiger partial charge in [0.2, 0.25) is 5.91 Å². The van der Waals surface area contributed by atoms with E-state index in [0.717, 1.165) is 54.4 Å². The number of aromatic nitrogens is 3. The van der Waals surface area contributed by atoms with Crippen LogP contribution in [0.1, 0.15) is 51.0 Å². The first-order valence-electron chi connectivity index (χ1n) is 10.7. The quantitative estimate of drug-likeness (QED) is 0.503. The first-order chi connectivity index (χ1) is 15.4. The molecule has 10 heteroatoms. The molecule has 0 aromatic carbocycles. The van der Waals surface area contributed by atoms with Crippen LogP contribution in [0.2, 0.25) is 0 Å². The molecular formula is C22H27N5O3S2. The molecule has 0 bridgehead atoms. The van der Waals surface area contributed by atoms with Crippen LogP contribution >= 0.6 is 22.7 Å². The molecule has 0 unspecified atom stereocenters. The van der Waals surface area contributed by atoms with Crippen molar-refractivity contribution >= 4 is 39.6 Å². The van der Waals surface area contributed by atoms with Gasteiger partial charge in [0.05, 0.1) is 22.8 Å². The number of fused-ring (bicyclic) bond motifs is 1. The van der Waals surface area contributed by atoms with E-state index in [1.165, 1.54) is 16.7 Å². The Labute approximate surface area is 195 Å². The van der Waals surface area contributed by atoms with E-state index in [1.807, 2.05) is 36.2 Å². The highest BCUT2D eigenvalue weighted by molar-refractivity contribution is 7.16. The van der Waals surface area contributed by atoms with Gasteiger partial charge in [-0.05, 0) is 26.0 Å². The average molecular weight is 474 g/mol. The average Bonchev–Trinajstić information content (AvgIpc) is 3.45. The van der Waals surface area contributed by atoms with E-state index in [0.29, 0.717) is 18.8 Å². The van der Waals surface area contributed by atoms with Crippen LogP contribution in [0.3, 0.4) is 0 Å². The van der Waals surface area contributed by atoms with E-state index in [4.69, 9.17) is 4.74 Å². The third-order valence-electron chi connectivity index (χ3n) is 5.42. The molecule has 0 spiro atoms. The number of nitrogens with one attached hydrogen (secondary N) is 1. The number of thiophene rings is 1. The number of hydrogen-bond donors (Lipinski definition) is 1. The van der Waals surface area contributed by atoms with Gasteiger partial charge in [-0.2, -0.15) is 5.10 Å². The summed E-state index contributed by atoms with van der Waals surface area (Å²) in [6, 6.07) is 3.97. The maximum absolute atomic E-state index is 12.6. The number of ether oxygens (including phenoxy) is 1. The van der Waals surface area contributed by atoms with Gasteiger partial charge >= 0.3 is 5.97 Å². The summed E-state index contributed by atoms with van der Waals surface area (Å²) in [5.74, 6) is -0.427. The highest BCUT2D eigenvalue weighted by Crippen LogP contribution is 2.28. The molecule has 0 fully saturated rings. The molecule has 32 heavy (non-hydrogen) atoms. The summed E-state index contributed by atoms with van der Waals surface area (Å²) < 4.78 is 7.28. The Hall–Kier alpha value is -2.56. The summed E-state index contributed by atoms with van der Waals surface area (Å²) in [7, 11) is 0. The minimum Gasteiger partial charge on any atom is -0.461 e. The zero-order chi connectivity index (χ0) is 22.7. The largest absolute Gasteiger partial charge is 0.461 e. The molecule has 0 atom stereocenters. The SMILES string of the molecule is CCOC(=O)c1nn(CCc2scnc2C)c2c1CN(Cc1ccc(NC(C)=O)s1)CC2. The van der Waals surface area contributed by atoms with Crippen LogP contribution in [0.15, 0.2) is 17.6 Å². The number of carbonyl (C=O) groups excluding carboxylic acids is 2. The Morgan fingerprint density at radius 2 is 2.16 bits per heavy atom. The molecule has 170 valence electrons. The number of nitrogens with zero attached hydrogens (tertiary/aromatic N) is 4. The number of carbonyl (C=O) groups is 2. The van der Waals surface area contributed by atoms with Crippen molar-refractivity contribution in [3.05, 3.63) is 50.0 Å². The molecule has 4 rings (SSSR count). The van der Waals surface area contributed by atoms with Gasteiger partial charge in [-0.15, -0.1) is 22.7 Å². The predicted molar refractivity (Wildman–Crippen MR) is 125 cm³/mol. The first-order valence-corrected chi connectivity index (χ1v) is 12.4. The Balaban J connectivity index is 1.52. The van der Waals surface area contributed by atoms with Crippen molar-refractivity contribution in [3.8, 4) is 0 Å². The van der Waals surface area contributed by atoms with Gasteiger partial charge in [0.1, 0.15) is 0 Å². The van der Waals surface area contributed by atoms with Crippen molar-refractivity contribution in [2.75, 3.05) is 18.5 Å². The lowest BCUT2D eigenvalue weighted by molar-refractivity contribution is -0.114. The minimum absolute atomic E-state index is 0.0685. The summed E-state index contributed by atoms with van der Waals surface area (Å²) in [6.07, 6.45) is 1.67. The molecule has 0 saturated heterocycles. The third-order valence-corrected chi connectivity index (χ3v) is 7.40. The Bertz CT molecular complexity index is 1120. The van der Waals surface area contributed by atoms with Gasteiger partial charge < -0.3 is 10.1 Å². The zero-order valence-electron chi connectivity index (χ0n) is 18.5. The number of hydrogen-bond acceptors (Lipinski definition) is 8. The van der Waals surface area contributed by atoms with Crippen molar-refractivity contribution in [2.24, 2.45) is 0 Å². The van der Waals surface area contributed by atoms with Crippen LogP contribution in [0.4, 0.5) is 5.00 Å². The van der Waals surface area contributed by atoms with Gasteiger partial charge in [-0.1, -0.05) is 0 Å². The van der Waals surface area contributed by atoms with Gasteiger partial charge in [0, 0.05) is 67.0 Å². The zero-order valence-corrected chi connectivity index (χ0v) is 20.1. The Morgan fingerprint density at radius 3 is 2.88 bits per heavy atom. The second-order valence-corrected chi connectivity index (χ2v) is 9.84. The lowest BCUT2D eigenvalue weighted by Crippen LogP contribution is -2.31. The molecule has 8 nitrogen and oxygen atoms in total. The lowest BCUT2D eigenvalue weighted by Gasteiger charge is -2.27. The molecule has 1 aliphatic heterocycles. The summed E-state index contributed by atoms with van der Waals surface area (Å²) in [5.41, 5.74) is 5.44. The maximum Gasteiger partial charge on any atom is 0.359 e. The molecule has 1 aliphatic rings. The number of esters is 1. The molecule has 0 saturated carbocycles. The molecule has 0 radical (unpaired) electrons. The number of aryl methyl sites for hydroxylation is 3. The van der Waals surface area contributed by atoms with E-state index in [1.54, 1.807) is 22.7 Å². The van der Waals surface area contributed by atoms with Gasteiger partial charge in [-0.25, -0.2) is 9.78 Å². The molecular weight excluding hydrogens is 446 g/mol. The Morgan fingerprint density at radius 1 is 1.31 bits per heavy atom. The van der Waals surface area contributed by atoms with Gasteiger partial charge in [0.15, 0.2) is 5.69 Å². The number of rotatable bonds is 8. The van der Waals surface area contributed by atoms with Crippen molar-refractivity contribution < 1.29 is 14.3 Å². The number of amides is 1. The van der Waals surface area contributed by atoms with Crippen LogP contribution in [-0.4, -0.2) is 44.7 Å². The van der Waals surface area contributed by atoms with Crippen molar-refractivity contribution in [3.63, 3.8) is 0 Å². The van der Waals surface area contributed by atoms with Crippen LogP contribution in [-0.2, 0) is 42.0 Å². The number of anilines is 1. The van der Waals surface area contributed by atoms with E-state index in [9.17, 15) is 9.59 Å². The van der Waals surface area contributed by atoms with Crippen LogP contribution in [0.5, 0.6) is 0 Å². The molecule has 3 aromatic rings. The standard InChI is InChI=1S/C22H27N5O3S2/c1-4-30-22(29)21-17-12-26(11-16-5-6-20(32-16)24-15(3)28)9-7-18(17)27(25-21)10-8-19-14(2)23-13-31-19/h5-6,13H,4,7-12H2,1-3H3,(H,24,28). The summed E-state index contributed by atoms with van der Waals surface area (Å²) in [4.78, 5) is 33.0. The van der Waals surface area contributed by atoms with Crippen LogP contribution < -0.4 is 5.32 Å². The Kier molecular flexibility index (Phi) is 7.02. The van der Waals surface area contributed by atoms with E-state index in [-0.39, 0.29) is 11.9 Å². The summed E-state index contributed by atoms with van der Waals surface area (Å²) in [5, 5.41) is 8.35. The molecule has 1 N–H and O–H groups in total. The fraction of sp³-hybridized carbons (Fsp3) is 0.455. The van der Waals surface area contributed by atoms with Crippen LogP contribution in [0, 0.1) is 6.92 Å². The molecule has 1 amide bonds. The van der Waals surface area contributed by atoms with Crippen molar-refractivity contribution in [1.82, 2.24) is 19.7 Å². The topological polar surface area (TPSA) is 89.3 Å². The number of thiazole rings is 1. The van der Waals surface area contributed by atoms with Gasteiger partial charge in [-0.3, -0.25) is 14.4 Å². The van der Waals surface area contributed by atoms with E-state index >= 15 is 0 Å². The fourth-order valence-electron chi connectivity index (χ4n) is 3.93. The smallest absolute Gasteiger partial charge is 0.359 e. The van der Waals surface area contributed by atoms with E-state index < -0.39 is 0 Å². The minimum atomic E-state index is -0.359. The normalized spacial score (nSPS) is 13.7.